The van der Waals surface area contributed by atoms with Crippen LogP contribution >= 0.6 is 46.0 Å². The van der Waals surface area contributed by atoms with Gasteiger partial charge in [0.2, 0.25) is 0 Å². The summed E-state index contributed by atoms with van der Waals surface area (Å²) in [5, 5.41) is 6.01. The molecule has 0 saturated carbocycles. The van der Waals surface area contributed by atoms with Gasteiger partial charge < -0.3 is 0 Å². The van der Waals surface area contributed by atoms with Crippen LogP contribution in [0.15, 0.2) is 23.2 Å². The van der Waals surface area contributed by atoms with Gasteiger partial charge in [0.1, 0.15) is 10.0 Å². The van der Waals surface area contributed by atoms with Crippen molar-refractivity contribution in [1.29, 1.82) is 0 Å². The quantitative estimate of drug-likeness (QED) is 0.570. The minimum absolute atomic E-state index is 0.736. The Morgan fingerprint density at radius 3 is 2.65 bits per heavy atom. The molecule has 2 aromatic rings. The second-order valence-electron chi connectivity index (χ2n) is 3.76. The van der Waals surface area contributed by atoms with Gasteiger partial charge in [0.15, 0.2) is 0 Å². The number of aryl methyl sites for hydroxylation is 2. The highest BCUT2D eigenvalue weighted by atomic mass is 127. The third-order valence-corrected chi connectivity index (χ3v) is 4.90. The number of hydrogen-bond acceptors (Lipinski definition) is 2. The Balaban J connectivity index is 2.60. The van der Waals surface area contributed by atoms with Gasteiger partial charge in [-0.3, -0.25) is 4.68 Å². The average Bonchev–Trinajstić information content (AvgIpc) is 2.58. The van der Waals surface area contributed by atoms with Crippen LogP contribution < -0.4 is 0 Å². The first-order chi connectivity index (χ1) is 8.04. The third kappa shape index (κ3) is 2.48. The van der Waals surface area contributed by atoms with Gasteiger partial charge in [0.05, 0.1) is 5.69 Å². The first kappa shape index (κ1) is 13.2. The third-order valence-electron chi connectivity index (χ3n) is 2.60. The lowest BCUT2D eigenvalue weighted by Gasteiger charge is -2.05. The molecule has 5 heteroatoms. The number of hydrogen-bond donors (Lipinski definition) is 0. The van der Waals surface area contributed by atoms with Crippen molar-refractivity contribution in [1.82, 2.24) is 9.78 Å². The van der Waals surface area contributed by atoms with Gasteiger partial charge in [-0.1, -0.05) is 23.7 Å². The summed E-state index contributed by atoms with van der Waals surface area (Å²) in [5.74, 6) is 0. The Morgan fingerprint density at radius 2 is 2.12 bits per heavy atom. The van der Waals surface area contributed by atoms with Gasteiger partial charge >= 0.3 is 0 Å². The van der Waals surface area contributed by atoms with Crippen LogP contribution in [0.5, 0.6) is 0 Å². The van der Waals surface area contributed by atoms with Crippen molar-refractivity contribution in [2.75, 3.05) is 6.26 Å². The molecule has 17 heavy (non-hydrogen) atoms. The number of halogens is 2. The smallest absolute Gasteiger partial charge is 0.137 e. The van der Waals surface area contributed by atoms with E-state index in [9.17, 15) is 0 Å². The lowest BCUT2D eigenvalue weighted by atomic mass is 10.1. The second-order valence-corrected chi connectivity index (χ2v) is 6.09. The van der Waals surface area contributed by atoms with Crippen molar-refractivity contribution in [3.63, 3.8) is 0 Å². The van der Waals surface area contributed by atoms with E-state index in [1.165, 1.54) is 9.13 Å². The summed E-state index contributed by atoms with van der Waals surface area (Å²) in [4.78, 5) is 0. The number of thioether (sulfide) groups is 1. The van der Waals surface area contributed by atoms with Crippen LogP contribution in [0.2, 0.25) is 5.02 Å². The van der Waals surface area contributed by atoms with E-state index in [1.54, 1.807) is 11.8 Å². The van der Waals surface area contributed by atoms with Crippen LogP contribution in [0.25, 0.3) is 11.3 Å². The molecule has 0 bridgehead atoms. The highest BCUT2D eigenvalue weighted by Gasteiger charge is 2.15. The molecule has 0 aliphatic heterocycles. The van der Waals surface area contributed by atoms with Gasteiger partial charge in [-0.15, -0.1) is 11.8 Å². The maximum absolute atomic E-state index is 6.35. The summed E-state index contributed by atoms with van der Waals surface area (Å²) in [5.41, 5.74) is 3.37. The zero-order valence-corrected chi connectivity index (χ0v) is 13.5. The van der Waals surface area contributed by atoms with Crippen LogP contribution in [0.1, 0.15) is 5.56 Å². The van der Waals surface area contributed by atoms with Gasteiger partial charge in [0, 0.05) is 16.2 Å². The van der Waals surface area contributed by atoms with E-state index >= 15 is 0 Å². The Hall–Kier alpha value is -0.200. The molecule has 0 N–H and O–H groups in total. The number of benzene rings is 1. The summed E-state index contributed by atoms with van der Waals surface area (Å²) in [7, 11) is 1.92. The summed E-state index contributed by atoms with van der Waals surface area (Å²) in [6.45, 7) is 2.10. The summed E-state index contributed by atoms with van der Waals surface area (Å²) >= 11 is 10.3. The Morgan fingerprint density at radius 1 is 1.41 bits per heavy atom. The van der Waals surface area contributed by atoms with Crippen molar-refractivity contribution in [3.05, 3.63) is 32.4 Å². The van der Waals surface area contributed by atoms with E-state index in [-0.39, 0.29) is 0 Å². The highest BCUT2D eigenvalue weighted by molar-refractivity contribution is 14.1. The number of aromatic nitrogens is 2. The molecule has 0 amide bonds. The molecule has 0 unspecified atom stereocenters. The number of rotatable bonds is 2. The van der Waals surface area contributed by atoms with Crippen molar-refractivity contribution in [3.8, 4) is 11.3 Å². The van der Waals surface area contributed by atoms with Crippen molar-refractivity contribution in [2.45, 2.75) is 11.9 Å². The molecule has 0 atom stereocenters. The first-order valence-electron chi connectivity index (χ1n) is 5.07. The van der Waals surface area contributed by atoms with Gasteiger partial charge in [-0.05, 0) is 47.4 Å². The van der Waals surface area contributed by atoms with E-state index in [0.717, 1.165) is 21.3 Å². The van der Waals surface area contributed by atoms with Gasteiger partial charge in [0.25, 0.3) is 0 Å². The molecular formula is C12H12ClIN2S. The minimum atomic E-state index is 0.736. The molecule has 0 aliphatic rings. The molecule has 0 spiro atoms. The van der Waals surface area contributed by atoms with Gasteiger partial charge in [-0.2, -0.15) is 5.10 Å². The van der Waals surface area contributed by atoms with Gasteiger partial charge in [-0.25, -0.2) is 0 Å². The first-order valence-corrected chi connectivity index (χ1v) is 7.75. The molecular weight excluding hydrogens is 367 g/mol. The highest BCUT2D eigenvalue weighted by Crippen LogP contribution is 2.35. The van der Waals surface area contributed by atoms with Crippen molar-refractivity contribution in [2.24, 2.45) is 7.05 Å². The Kier molecular flexibility index (Phi) is 4.05. The monoisotopic (exact) mass is 378 g/mol. The lowest BCUT2D eigenvalue weighted by Crippen LogP contribution is -1.94. The molecule has 1 heterocycles. The minimum Gasteiger partial charge on any atom is -0.265 e. The number of nitrogens with zero attached hydrogens (tertiary/aromatic N) is 2. The summed E-state index contributed by atoms with van der Waals surface area (Å²) < 4.78 is 3.08. The van der Waals surface area contributed by atoms with Crippen LogP contribution in [0, 0.1) is 10.5 Å². The van der Waals surface area contributed by atoms with E-state index in [1.807, 2.05) is 18.0 Å². The Bertz CT molecular complexity index is 566. The fourth-order valence-electron chi connectivity index (χ4n) is 1.66. The van der Waals surface area contributed by atoms with Crippen molar-refractivity contribution >= 4 is 46.0 Å². The molecule has 0 aliphatic carbocycles. The molecule has 1 aromatic heterocycles. The summed E-state index contributed by atoms with van der Waals surface area (Å²) in [6, 6.07) is 6.34. The topological polar surface area (TPSA) is 17.8 Å². The predicted molar refractivity (Wildman–Crippen MR) is 82.9 cm³/mol. The van der Waals surface area contributed by atoms with Crippen LogP contribution in [-0.4, -0.2) is 16.0 Å². The van der Waals surface area contributed by atoms with E-state index in [4.69, 9.17) is 11.6 Å². The van der Waals surface area contributed by atoms with Crippen LogP contribution in [-0.2, 0) is 7.05 Å². The van der Waals surface area contributed by atoms with E-state index in [2.05, 4.69) is 52.8 Å². The average molecular weight is 379 g/mol. The largest absolute Gasteiger partial charge is 0.265 e. The lowest BCUT2D eigenvalue weighted by molar-refractivity contribution is 0.745. The molecule has 0 radical (unpaired) electrons. The molecule has 90 valence electrons. The maximum Gasteiger partial charge on any atom is 0.137 e. The molecule has 2 rings (SSSR count). The van der Waals surface area contributed by atoms with Crippen LogP contribution in [0.4, 0.5) is 0 Å². The fraction of sp³-hybridized carbons (Fsp3) is 0.250. The molecule has 0 fully saturated rings. The van der Waals surface area contributed by atoms with E-state index in [0.29, 0.717) is 0 Å². The molecule has 2 nitrogen and oxygen atoms in total. The van der Waals surface area contributed by atoms with Crippen LogP contribution in [0.3, 0.4) is 0 Å². The fourth-order valence-corrected chi connectivity index (χ4v) is 3.15. The molecule has 0 saturated heterocycles. The zero-order chi connectivity index (χ0) is 12.6. The predicted octanol–water partition coefficient (Wildman–Crippen LogP) is 4.38. The second kappa shape index (κ2) is 5.20. The van der Waals surface area contributed by atoms with Crippen molar-refractivity contribution < 1.29 is 0 Å². The molecule has 1 aromatic carbocycles. The van der Waals surface area contributed by atoms with E-state index < -0.39 is 0 Å². The maximum atomic E-state index is 6.35. The Labute approximate surface area is 124 Å². The zero-order valence-electron chi connectivity index (χ0n) is 9.79. The summed E-state index contributed by atoms with van der Waals surface area (Å²) in [6.07, 6.45) is 1.98. The normalized spacial score (nSPS) is 10.9. The SMILES string of the molecule is CSc1nn(C)c(-c2ccc(C)c(I)c2)c1Cl. The standard InChI is InChI=1S/C12H12ClIN2S/c1-7-4-5-8(6-9(7)14)11-10(13)12(17-3)15-16(11)2/h4-6H,1-3H3.